The normalized spacial score (nSPS) is 12.8. The van der Waals surface area contributed by atoms with E-state index in [-0.39, 0.29) is 16.2 Å². The molecule has 12 heteroatoms. The first kappa shape index (κ1) is 22.8. The van der Waals surface area contributed by atoms with Crippen LogP contribution in [0.25, 0.3) is 0 Å². The van der Waals surface area contributed by atoms with E-state index in [2.05, 4.69) is 15.6 Å². The van der Waals surface area contributed by atoms with Crippen molar-refractivity contribution in [2.45, 2.75) is 30.7 Å². The first-order valence-corrected chi connectivity index (χ1v) is 11.2. The fraction of sp³-hybridized carbons (Fsp3) is 0.438. The molecule has 7 nitrogen and oxygen atoms in total. The van der Waals surface area contributed by atoms with Gasteiger partial charge in [-0.3, -0.25) is 4.72 Å². The number of hydrogen-bond acceptors (Lipinski definition) is 7. The Morgan fingerprint density at radius 2 is 2.00 bits per heavy atom. The number of unbranched alkanes of at least 4 members (excludes halogenated alkanes) is 1. The number of aromatic nitrogens is 1. The summed E-state index contributed by atoms with van der Waals surface area (Å²) < 4.78 is 53.9. The number of sulfonamides is 1. The summed E-state index contributed by atoms with van der Waals surface area (Å²) in [5.74, 6) is -0.977. The molecule has 0 saturated carbocycles. The molecular formula is C16H22ClF2N5O2S2. The van der Waals surface area contributed by atoms with Crippen LogP contribution >= 0.6 is 22.9 Å². The first-order valence-electron chi connectivity index (χ1n) is 8.52. The lowest BCUT2D eigenvalue weighted by Crippen LogP contribution is -2.31. The standard InChI is InChI=1S/C16H22ClF2N5O2S2/c1-10(20)8-21-4-2-3-5-22-13-7-12(18)14(6-11(13)17)28(25,26)24-16-23-9-15(19)27-16/h6-7,9-10,21-22H,2-5,8,20H2,1H3,(H,23,24). The molecule has 0 fully saturated rings. The Balaban J connectivity index is 1.94. The minimum absolute atomic E-state index is 0.0576. The van der Waals surface area contributed by atoms with E-state index >= 15 is 0 Å². The molecule has 0 bridgehead atoms. The maximum Gasteiger partial charge on any atom is 0.266 e. The molecule has 28 heavy (non-hydrogen) atoms. The van der Waals surface area contributed by atoms with Crippen LogP contribution in [0.3, 0.4) is 0 Å². The van der Waals surface area contributed by atoms with Gasteiger partial charge in [-0.25, -0.2) is 17.8 Å². The van der Waals surface area contributed by atoms with E-state index < -0.39 is 25.9 Å². The highest BCUT2D eigenvalue weighted by Crippen LogP contribution is 2.29. The third-order valence-corrected chi connectivity index (χ3v) is 6.07. The molecule has 2 aromatic rings. The second kappa shape index (κ2) is 10.3. The van der Waals surface area contributed by atoms with Crippen LogP contribution in [0.4, 0.5) is 19.6 Å². The number of benzene rings is 1. The molecule has 156 valence electrons. The van der Waals surface area contributed by atoms with Gasteiger partial charge in [0.2, 0.25) is 0 Å². The van der Waals surface area contributed by atoms with Crippen molar-refractivity contribution in [1.29, 1.82) is 0 Å². The predicted octanol–water partition coefficient (Wildman–Crippen LogP) is 3.00. The molecule has 0 amide bonds. The maximum absolute atomic E-state index is 14.4. The molecule has 1 heterocycles. The monoisotopic (exact) mass is 453 g/mol. The van der Waals surface area contributed by atoms with E-state index in [1.165, 1.54) is 0 Å². The van der Waals surface area contributed by atoms with Crippen molar-refractivity contribution in [1.82, 2.24) is 10.3 Å². The Bertz CT molecular complexity index is 893. The van der Waals surface area contributed by atoms with Crippen molar-refractivity contribution < 1.29 is 17.2 Å². The van der Waals surface area contributed by atoms with Gasteiger partial charge in [0.15, 0.2) is 10.3 Å². The summed E-state index contributed by atoms with van der Waals surface area (Å²) in [5, 5.41) is 5.39. The van der Waals surface area contributed by atoms with Crippen LogP contribution < -0.4 is 21.1 Å². The molecule has 1 atom stereocenters. The molecule has 0 spiro atoms. The maximum atomic E-state index is 14.4. The minimum atomic E-state index is -4.29. The zero-order valence-electron chi connectivity index (χ0n) is 15.1. The Kier molecular flexibility index (Phi) is 8.38. The van der Waals surface area contributed by atoms with Gasteiger partial charge in [0.25, 0.3) is 10.0 Å². The molecule has 5 N–H and O–H groups in total. The summed E-state index contributed by atoms with van der Waals surface area (Å²) in [6, 6.07) is 2.13. The zero-order chi connectivity index (χ0) is 20.7. The summed E-state index contributed by atoms with van der Waals surface area (Å²) >= 11 is 6.59. The van der Waals surface area contributed by atoms with Gasteiger partial charge in [0, 0.05) is 19.1 Å². The van der Waals surface area contributed by atoms with Gasteiger partial charge in [-0.2, -0.15) is 4.39 Å². The Labute approximate surface area is 171 Å². The molecule has 1 aromatic carbocycles. The lowest BCUT2D eigenvalue weighted by atomic mass is 10.2. The van der Waals surface area contributed by atoms with Crippen LogP contribution in [-0.4, -0.2) is 39.1 Å². The predicted molar refractivity (Wildman–Crippen MR) is 109 cm³/mol. The lowest BCUT2D eigenvalue weighted by Gasteiger charge is -2.12. The Hall–Kier alpha value is -1.53. The Morgan fingerprint density at radius 1 is 1.29 bits per heavy atom. The highest BCUT2D eigenvalue weighted by Gasteiger charge is 2.22. The number of nitrogens with one attached hydrogen (secondary N) is 3. The first-order chi connectivity index (χ1) is 13.2. The molecule has 0 aliphatic rings. The van der Waals surface area contributed by atoms with Crippen LogP contribution in [0, 0.1) is 10.9 Å². The van der Waals surface area contributed by atoms with Crippen LogP contribution in [0.2, 0.25) is 5.02 Å². The number of anilines is 2. The highest BCUT2D eigenvalue weighted by atomic mass is 35.5. The summed E-state index contributed by atoms with van der Waals surface area (Å²) in [7, 11) is -4.29. The van der Waals surface area contributed by atoms with Gasteiger partial charge in [-0.05, 0) is 38.4 Å². The van der Waals surface area contributed by atoms with Gasteiger partial charge in [-0.1, -0.05) is 22.9 Å². The molecule has 0 aliphatic carbocycles. The van der Waals surface area contributed by atoms with Crippen molar-refractivity contribution in [3.05, 3.63) is 34.3 Å². The van der Waals surface area contributed by atoms with E-state index in [9.17, 15) is 17.2 Å². The number of nitrogens with zero attached hydrogens (tertiary/aromatic N) is 1. The summed E-state index contributed by atoms with van der Waals surface area (Å²) in [6.45, 7) is 4.01. The van der Waals surface area contributed by atoms with Gasteiger partial charge in [0.05, 0.1) is 16.9 Å². The van der Waals surface area contributed by atoms with Crippen LogP contribution in [-0.2, 0) is 10.0 Å². The molecule has 0 saturated heterocycles. The van der Waals surface area contributed by atoms with Gasteiger partial charge in [-0.15, -0.1) is 0 Å². The quantitative estimate of drug-likeness (QED) is 0.389. The average molecular weight is 454 g/mol. The SMILES string of the molecule is CC(N)CNCCCCNc1cc(F)c(S(=O)(=O)Nc2ncc(F)s2)cc1Cl. The third kappa shape index (κ3) is 6.82. The van der Waals surface area contributed by atoms with E-state index in [1.807, 2.05) is 11.6 Å². The van der Waals surface area contributed by atoms with Crippen molar-refractivity contribution in [2.24, 2.45) is 5.73 Å². The van der Waals surface area contributed by atoms with Crippen molar-refractivity contribution in [2.75, 3.05) is 29.7 Å². The third-order valence-electron chi connectivity index (χ3n) is 3.57. The topological polar surface area (TPSA) is 109 Å². The molecular weight excluding hydrogens is 432 g/mol. The average Bonchev–Trinajstić information content (AvgIpc) is 3.00. The summed E-state index contributed by atoms with van der Waals surface area (Å²) in [6.07, 6.45) is 2.56. The van der Waals surface area contributed by atoms with Gasteiger partial charge >= 0.3 is 0 Å². The summed E-state index contributed by atoms with van der Waals surface area (Å²) in [5.41, 5.74) is 5.93. The molecule has 2 rings (SSSR count). The van der Waals surface area contributed by atoms with E-state index in [4.69, 9.17) is 17.3 Å². The summed E-state index contributed by atoms with van der Waals surface area (Å²) in [4.78, 5) is 2.91. The molecule has 1 unspecified atom stereocenters. The number of thiazole rings is 1. The van der Waals surface area contributed by atoms with Crippen molar-refractivity contribution >= 4 is 43.8 Å². The van der Waals surface area contributed by atoms with E-state index in [1.54, 1.807) is 0 Å². The fourth-order valence-corrected chi connectivity index (χ4v) is 4.44. The highest BCUT2D eigenvalue weighted by molar-refractivity contribution is 7.93. The minimum Gasteiger partial charge on any atom is -0.384 e. The fourth-order valence-electron chi connectivity index (χ4n) is 2.27. The van der Waals surface area contributed by atoms with Crippen molar-refractivity contribution in [3.8, 4) is 0 Å². The number of nitrogens with two attached hydrogens (primary N) is 1. The Morgan fingerprint density at radius 3 is 2.64 bits per heavy atom. The lowest BCUT2D eigenvalue weighted by molar-refractivity contribution is 0.570. The number of hydrogen-bond donors (Lipinski definition) is 4. The van der Waals surface area contributed by atoms with Crippen LogP contribution in [0.1, 0.15) is 19.8 Å². The number of rotatable bonds is 11. The van der Waals surface area contributed by atoms with E-state index in [0.29, 0.717) is 23.6 Å². The van der Waals surface area contributed by atoms with Gasteiger partial charge in [0.1, 0.15) is 10.7 Å². The smallest absolute Gasteiger partial charge is 0.266 e. The number of halogens is 3. The second-order valence-corrected chi connectivity index (χ2v) is 9.19. The molecule has 0 radical (unpaired) electrons. The van der Waals surface area contributed by atoms with Crippen molar-refractivity contribution in [3.63, 3.8) is 0 Å². The second-order valence-electron chi connectivity index (χ2n) is 6.15. The zero-order valence-corrected chi connectivity index (χ0v) is 17.5. The van der Waals surface area contributed by atoms with Gasteiger partial charge < -0.3 is 16.4 Å². The van der Waals surface area contributed by atoms with Crippen LogP contribution in [0.15, 0.2) is 23.2 Å². The largest absolute Gasteiger partial charge is 0.384 e. The molecule has 0 aliphatic heterocycles. The molecule has 1 aromatic heterocycles. The van der Waals surface area contributed by atoms with Crippen LogP contribution in [0.5, 0.6) is 0 Å². The van der Waals surface area contributed by atoms with E-state index in [0.717, 1.165) is 44.3 Å².